The van der Waals surface area contributed by atoms with Crippen molar-refractivity contribution in [3.8, 4) is 0 Å². The van der Waals surface area contributed by atoms with Crippen LogP contribution < -0.4 is 0 Å². The van der Waals surface area contributed by atoms with E-state index in [1.807, 2.05) is 12.3 Å². The van der Waals surface area contributed by atoms with Gasteiger partial charge in [0, 0.05) is 17.3 Å². The van der Waals surface area contributed by atoms with Crippen LogP contribution in [0.25, 0.3) is 0 Å². The van der Waals surface area contributed by atoms with E-state index in [1.54, 1.807) is 38.1 Å². The summed E-state index contributed by atoms with van der Waals surface area (Å²) in [5, 5.41) is 3.26. The third-order valence-electron chi connectivity index (χ3n) is 4.21. The van der Waals surface area contributed by atoms with Gasteiger partial charge in [0.25, 0.3) is 0 Å². The number of benzene rings is 1. The molecule has 2 aromatic rings. The maximum Gasteiger partial charge on any atom is 0.513 e. The average molecular weight is 434 g/mol. The number of hydrogen-bond acceptors (Lipinski definition) is 7. The van der Waals surface area contributed by atoms with E-state index < -0.39 is 12.2 Å². The number of amidine groups is 1. The normalized spacial score (nSPS) is 16.5. The summed E-state index contributed by atoms with van der Waals surface area (Å²) in [5.41, 5.74) is 1.78. The first-order valence-electron chi connectivity index (χ1n) is 8.93. The van der Waals surface area contributed by atoms with Gasteiger partial charge in [0.15, 0.2) is 11.6 Å². The van der Waals surface area contributed by atoms with Crippen LogP contribution in [0.15, 0.2) is 46.1 Å². The van der Waals surface area contributed by atoms with Crippen LogP contribution in [0.4, 0.5) is 4.79 Å². The lowest BCUT2D eigenvalue weighted by Crippen LogP contribution is -2.39. The van der Waals surface area contributed by atoms with Crippen molar-refractivity contribution in [1.82, 2.24) is 9.88 Å². The molecule has 0 saturated carbocycles. The van der Waals surface area contributed by atoms with Gasteiger partial charge in [0.1, 0.15) is 11.7 Å². The number of halogens is 1. The lowest BCUT2D eigenvalue weighted by Gasteiger charge is -2.32. The van der Waals surface area contributed by atoms with E-state index in [0.29, 0.717) is 22.2 Å². The molecule has 152 valence electrons. The molecule has 0 fully saturated rings. The molecule has 1 aliphatic rings. The van der Waals surface area contributed by atoms with Gasteiger partial charge in [-0.3, -0.25) is 9.69 Å². The molecule has 0 spiro atoms. The van der Waals surface area contributed by atoms with E-state index in [0.717, 1.165) is 10.6 Å². The van der Waals surface area contributed by atoms with Crippen LogP contribution >= 0.6 is 22.9 Å². The number of amides is 1. The molecule has 0 bridgehead atoms. The van der Waals surface area contributed by atoms with Gasteiger partial charge in [-0.2, -0.15) is 0 Å². The highest BCUT2D eigenvalue weighted by Gasteiger charge is 2.35. The predicted octanol–water partition coefficient (Wildman–Crippen LogP) is 4.86. The second-order valence-corrected chi connectivity index (χ2v) is 7.75. The highest BCUT2D eigenvalue weighted by molar-refractivity contribution is 7.09. The zero-order chi connectivity index (χ0) is 21.1. The molecule has 0 N–H and O–H groups in total. The van der Waals surface area contributed by atoms with Crippen LogP contribution in [0.2, 0.25) is 5.02 Å². The third kappa shape index (κ3) is 4.49. The molecule has 1 aliphatic heterocycles. The Bertz CT molecular complexity index is 997. The molecule has 0 saturated heterocycles. The first-order chi connectivity index (χ1) is 13.8. The minimum Gasteiger partial charge on any atom is -0.434 e. The van der Waals surface area contributed by atoms with Crippen molar-refractivity contribution in [2.24, 2.45) is 4.99 Å². The van der Waals surface area contributed by atoms with Gasteiger partial charge in [-0.1, -0.05) is 23.7 Å². The molecule has 1 atom stereocenters. The number of ether oxygens (including phenoxy) is 2. The van der Waals surface area contributed by atoms with Gasteiger partial charge >= 0.3 is 6.16 Å². The highest BCUT2D eigenvalue weighted by Crippen LogP contribution is 2.36. The van der Waals surface area contributed by atoms with E-state index in [-0.39, 0.29) is 18.3 Å². The number of aryl methyl sites for hydroxylation is 1. The summed E-state index contributed by atoms with van der Waals surface area (Å²) < 4.78 is 10.4. The smallest absolute Gasteiger partial charge is 0.434 e. The maximum absolute atomic E-state index is 12.4. The van der Waals surface area contributed by atoms with Crippen molar-refractivity contribution in [2.75, 3.05) is 6.61 Å². The number of aromatic nitrogens is 1. The number of aliphatic imine (C=N–C) groups is 1. The Labute approximate surface area is 177 Å². The van der Waals surface area contributed by atoms with E-state index in [1.165, 1.54) is 23.2 Å². The van der Waals surface area contributed by atoms with Crippen molar-refractivity contribution in [2.45, 2.75) is 33.7 Å². The van der Waals surface area contributed by atoms with Gasteiger partial charge in [-0.25, -0.2) is 14.8 Å². The summed E-state index contributed by atoms with van der Waals surface area (Å²) in [6, 6.07) is 6.39. The first kappa shape index (κ1) is 21.0. The Kier molecular flexibility index (Phi) is 6.34. The largest absolute Gasteiger partial charge is 0.513 e. The second kappa shape index (κ2) is 8.75. The van der Waals surface area contributed by atoms with Crippen LogP contribution in [0.1, 0.15) is 43.1 Å². The predicted molar refractivity (Wildman–Crippen MR) is 111 cm³/mol. The number of carbonyl (C=O) groups excluding carboxylic acids is 2. The van der Waals surface area contributed by atoms with Crippen molar-refractivity contribution in [3.63, 3.8) is 0 Å². The molecule has 0 radical (unpaired) electrons. The van der Waals surface area contributed by atoms with Gasteiger partial charge in [-0.05, 0) is 38.5 Å². The Balaban J connectivity index is 2.15. The molecule has 3 rings (SSSR count). The number of carbonyl (C=O) groups is 2. The summed E-state index contributed by atoms with van der Waals surface area (Å²) in [4.78, 5) is 35.1. The number of allylic oxidation sites excluding steroid dienone is 1. The summed E-state index contributed by atoms with van der Waals surface area (Å²) in [7, 11) is 0. The summed E-state index contributed by atoms with van der Waals surface area (Å²) >= 11 is 7.48. The lowest BCUT2D eigenvalue weighted by molar-refractivity contribution is -0.124. The fraction of sp³-hybridized carbons (Fsp3) is 0.300. The van der Waals surface area contributed by atoms with Crippen molar-refractivity contribution >= 4 is 40.8 Å². The Hall–Kier alpha value is -2.71. The van der Waals surface area contributed by atoms with E-state index in [9.17, 15) is 9.59 Å². The van der Waals surface area contributed by atoms with E-state index in [4.69, 9.17) is 26.1 Å². The molecule has 1 unspecified atom stereocenters. The Morgan fingerprint density at radius 2 is 1.93 bits per heavy atom. The number of thiazole rings is 1. The third-order valence-corrected chi connectivity index (χ3v) is 5.23. The molecular weight excluding hydrogens is 414 g/mol. The molecule has 29 heavy (non-hydrogen) atoms. The topological polar surface area (TPSA) is 81.1 Å². The van der Waals surface area contributed by atoms with Crippen LogP contribution in [0, 0.1) is 6.92 Å². The summed E-state index contributed by atoms with van der Waals surface area (Å²) in [5.74, 6) is 0.346. The number of rotatable bonds is 4. The minimum atomic E-state index is -0.854. The molecule has 0 aliphatic carbocycles. The lowest BCUT2D eigenvalue weighted by atomic mass is 10.0. The molecule has 1 aromatic carbocycles. The Morgan fingerprint density at radius 1 is 1.24 bits per heavy atom. The molecule has 1 aromatic heterocycles. The van der Waals surface area contributed by atoms with Crippen molar-refractivity contribution < 1.29 is 19.1 Å². The first-order valence-corrected chi connectivity index (χ1v) is 10.2. The quantitative estimate of drug-likeness (QED) is 0.643. The number of nitrogens with zero attached hydrogens (tertiary/aromatic N) is 3. The number of hydrogen-bond donors (Lipinski definition) is 0. The molecule has 9 heteroatoms. The van der Waals surface area contributed by atoms with Gasteiger partial charge in [0.2, 0.25) is 5.91 Å². The SMILES string of the molecule is CCOC(=O)OC1=C(C)N(C(C)=O)C(c2csc(C)n2)=NC1c1ccc(Cl)cc1. The van der Waals surface area contributed by atoms with Gasteiger partial charge < -0.3 is 9.47 Å². The van der Waals surface area contributed by atoms with Crippen LogP contribution in [-0.2, 0) is 14.3 Å². The van der Waals surface area contributed by atoms with Crippen LogP contribution in [-0.4, -0.2) is 34.4 Å². The van der Waals surface area contributed by atoms with Gasteiger partial charge in [0.05, 0.1) is 17.3 Å². The second-order valence-electron chi connectivity index (χ2n) is 6.25. The standard InChI is InChI=1S/C20H20ClN3O4S/c1-5-27-20(26)28-18-11(2)24(13(4)25)19(16-10-29-12(3)22-16)23-17(18)14-6-8-15(21)9-7-14/h6-10,17H,5H2,1-4H3. The zero-order valence-corrected chi connectivity index (χ0v) is 18.0. The minimum absolute atomic E-state index is 0.166. The molecular formula is C20H20ClN3O4S. The summed E-state index contributed by atoms with van der Waals surface area (Å²) in [6.07, 6.45) is -0.854. The van der Waals surface area contributed by atoms with Crippen LogP contribution in [0.3, 0.4) is 0 Å². The molecule has 2 heterocycles. The molecule has 1 amide bonds. The van der Waals surface area contributed by atoms with Crippen LogP contribution in [0.5, 0.6) is 0 Å². The highest BCUT2D eigenvalue weighted by atomic mass is 35.5. The van der Waals surface area contributed by atoms with Crippen molar-refractivity contribution in [3.05, 3.63) is 62.4 Å². The van der Waals surface area contributed by atoms with Gasteiger partial charge in [-0.15, -0.1) is 11.3 Å². The Morgan fingerprint density at radius 3 is 2.48 bits per heavy atom. The van der Waals surface area contributed by atoms with Crippen molar-refractivity contribution in [1.29, 1.82) is 0 Å². The van der Waals surface area contributed by atoms with E-state index in [2.05, 4.69) is 4.98 Å². The fourth-order valence-corrected chi connectivity index (χ4v) is 3.69. The fourth-order valence-electron chi connectivity index (χ4n) is 2.98. The van der Waals surface area contributed by atoms with E-state index >= 15 is 0 Å². The molecule has 7 nitrogen and oxygen atoms in total. The zero-order valence-electron chi connectivity index (χ0n) is 16.4. The maximum atomic E-state index is 12.4. The summed E-state index contributed by atoms with van der Waals surface area (Å²) in [6.45, 7) is 6.85. The average Bonchev–Trinajstić information content (AvgIpc) is 3.10. The monoisotopic (exact) mass is 433 g/mol.